The molecule has 0 amide bonds. The fraction of sp³-hybridized carbons (Fsp3) is 0. The van der Waals surface area contributed by atoms with Gasteiger partial charge in [-0.15, -0.1) is 0 Å². The van der Waals surface area contributed by atoms with Gasteiger partial charge in [0, 0.05) is 39.5 Å². The van der Waals surface area contributed by atoms with Crippen molar-refractivity contribution in [3.63, 3.8) is 0 Å². The second-order valence-corrected chi connectivity index (χ2v) is 11.6. The number of oxazole rings is 1. The number of rotatable bonds is 6. The van der Waals surface area contributed by atoms with Crippen molar-refractivity contribution in [1.82, 2.24) is 4.98 Å². The molecule has 0 aliphatic heterocycles. The number of para-hydroxylation sites is 1. The fourth-order valence-electron chi connectivity index (χ4n) is 6.34. The normalized spacial score (nSPS) is 11.4. The van der Waals surface area contributed by atoms with Gasteiger partial charge < -0.3 is 13.7 Å². The monoisotopic (exact) mass is 604 g/mol. The highest BCUT2D eigenvalue weighted by atomic mass is 16.4. The Bertz CT molecular complexity index is 2480. The largest absolute Gasteiger partial charge is 0.456 e. The van der Waals surface area contributed by atoms with Crippen molar-refractivity contribution >= 4 is 50.1 Å². The minimum Gasteiger partial charge on any atom is -0.456 e. The molecule has 0 aliphatic carbocycles. The van der Waals surface area contributed by atoms with Crippen LogP contribution in [0.2, 0.25) is 0 Å². The minimum absolute atomic E-state index is 0.610. The maximum absolute atomic E-state index is 6.36. The molecule has 4 nitrogen and oxygen atoms in total. The maximum Gasteiger partial charge on any atom is 0.227 e. The lowest BCUT2D eigenvalue weighted by molar-refractivity contribution is 0.617. The van der Waals surface area contributed by atoms with E-state index in [1.165, 1.54) is 11.1 Å². The standard InChI is InChI=1S/C43H28N2O2/c1-4-10-29(11-5-1)30-16-21-35(22-17-30)45(34-14-8-3-9-15-34)36-23-18-31(19-24-36)33-20-25-37-38-27-39-42(28-41(38)46-40(37)26-33)47-43(44-39)32-12-6-2-7-13-32/h1-28H. The lowest BCUT2D eigenvalue weighted by Crippen LogP contribution is -2.09. The molecular weight excluding hydrogens is 576 g/mol. The third-order valence-electron chi connectivity index (χ3n) is 8.71. The molecule has 0 bridgehead atoms. The minimum atomic E-state index is 0.610. The molecule has 0 N–H and O–H groups in total. The van der Waals surface area contributed by atoms with E-state index in [4.69, 9.17) is 13.8 Å². The summed E-state index contributed by atoms with van der Waals surface area (Å²) in [6.45, 7) is 0. The van der Waals surface area contributed by atoms with Crippen LogP contribution in [-0.4, -0.2) is 4.98 Å². The zero-order chi connectivity index (χ0) is 31.2. The number of aromatic nitrogens is 1. The Morgan fingerprint density at radius 1 is 0.362 bits per heavy atom. The van der Waals surface area contributed by atoms with Gasteiger partial charge in [0.15, 0.2) is 5.58 Å². The summed E-state index contributed by atoms with van der Waals surface area (Å²) in [5.41, 5.74) is 12.0. The van der Waals surface area contributed by atoms with Gasteiger partial charge in [-0.3, -0.25) is 0 Å². The van der Waals surface area contributed by atoms with Gasteiger partial charge in [0.1, 0.15) is 16.7 Å². The highest BCUT2D eigenvalue weighted by Crippen LogP contribution is 2.38. The summed E-state index contributed by atoms with van der Waals surface area (Å²) in [4.78, 5) is 7.04. The molecule has 0 saturated carbocycles. The first-order chi connectivity index (χ1) is 23.3. The Labute approximate surface area is 271 Å². The zero-order valence-electron chi connectivity index (χ0n) is 25.4. The molecule has 9 aromatic rings. The number of fused-ring (bicyclic) bond motifs is 4. The van der Waals surface area contributed by atoms with E-state index < -0.39 is 0 Å². The van der Waals surface area contributed by atoms with Crippen molar-refractivity contribution in [2.45, 2.75) is 0 Å². The molecule has 2 heterocycles. The molecule has 9 rings (SSSR count). The zero-order valence-corrected chi connectivity index (χ0v) is 25.4. The highest BCUT2D eigenvalue weighted by molar-refractivity contribution is 6.09. The molecule has 4 heteroatoms. The Morgan fingerprint density at radius 2 is 0.872 bits per heavy atom. The van der Waals surface area contributed by atoms with Crippen molar-refractivity contribution in [3.8, 4) is 33.7 Å². The number of hydrogen-bond donors (Lipinski definition) is 0. The molecule has 0 unspecified atom stereocenters. The van der Waals surface area contributed by atoms with Gasteiger partial charge in [0.05, 0.1) is 0 Å². The van der Waals surface area contributed by atoms with Crippen molar-refractivity contribution in [2.24, 2.45) is 0 Å². The Balaban J connectivity index is 1.04. The second-order valence-electron chi connectivity index (χ2n) is 11.6. The number of anilines is 3. The van der Waals surface area contributed by atoms with E-state index in [2.05, 4.69) is 126 Å². The van der Waals surface area contributed by atoms with Crippen LogP contribution in [0.5, 0.6) is 0 Å². The van der Waals surface area contributed by atoms with Crippen LogP contribution in [0.1, 0.15) is 0 Å². The van der Waals surface area contributed by atoms with Crippen molar-refractivity contribution in [2.75, 3.05) is 4.90 Å². The SMILES string of the molecule is c1ccc(-c2ccc(N(c3ccccc3)c3ccc(-c4ccc5c(c4)oc4cc6oc(-c7ccccc7)nc6cc45)cc3)cc2)cc1. The second kappa shape index (κ2) is 11.2. The van der Waals surface area contributed by atoms with Gasteiger partial charge in [-0.05, 0) is 89.0 Å². The Hall–Kier alpha value is -6.39. The van der Waals surface area contributed by atoms with Crippen molar-refractivity contribution in [3.05, 3.63) is 170 Å². The molecule has 0 atom stereocenters. The van der Waals surface area contributed by atoms with Gasteiger partial charge in [0.25, 0.3) is 0 Å². The van der Waals surface area contributed by atoms with Crippen LogP contribution in [0.4, 0.5) is 17.1 Å². The van der Waals surface area contributed by atoms with Crippen LogP contribution in [-0.2, 0) is 0 Å². The van der Waals surface area contributed by atoms with E-state index in [0.717, 1.165) is 61.2 Å². The molecule has 0 saturated heterocycles. The third-order valence-corrected chi connectivity index (χ3v) is 8.71. The smallest absolute Gasteiger partial charge is 0.227 e. The number of hydrogen-bond acceptors (Lipinski definition) is 4. The Kier molecular flexibility index (Phi) is 6.43. The summed E-state index contributed by atoms with van der Waals surface area (Å²) in [5, 5.41) is 2.08. The third kappa shape index (κ3) is 4.93. The van der Waals surface area contributed by atoms with Crippen molar-refractivity contribution in [1.29, 1.82) is 0 Å². The van der Waals surface area contributed by atoms with E-state index in [1.807, 2.05) is 48.5 Å². The van der Waals surface area contributed by atoms with Gasteiger partial charge in [-0.1, -0.05) is 97.1 Å². The van der Waals surface area contributed by atoms with Gasteiger partial charge in [-0.2, -0.15) is 0 Å². The summed E-state index contributed by atoms with van der Waals surface area (Å²) in [7, 11) is 0. The molecular formula is C43H28N2O2. The lowest BCUT2D eigenvalue weighted by Gasteiger charge is -2.26. The fourth-order valence-corrected chi connectivity index (χ4v) is 6.34. The Morgan fingerprint density at radius 3 is 1.53 bits per heavy atom. The molecule has 0 radical (unpaired) electrons. The van der Waals surface area contributed by atoms with E-state index in [0.29, 0.717) is 11.5 Å². The first kappa shape index (κ1) is 27.0. The van der Waals surface area contributed by atoms with Gasteiger partial charge in [0.2, 0.25) is 5.89 Å². The van der Waals surface area contributed by atoms with Crippen LogP contribution in [0.25, 0.3) is 66.7 Å². The quantitative estimate of drug-likeness (QED) is 0.189. The van der Waals surface area contributed by atoms with E-state index in [1.54, 1.807) is 0 Å². The van der Waals surface area contributed by atoms with Gasteiger partial charge in [-0.25, -0.2) is 4.98 Å². The predicted octanol–water partition coefficient (Wildman–Crippen LogP) is 12.2. The van der Waals surface area contributed by atoms with Crippen LogP contribution in [0.15, 0.2) is 179 Å². The van der Waals surface area contributed by atoms with E-state index in [-0.39, 0.29) is 0 Å². The predicted molar refractivity (Wildman–Crippen MR) is 192 cm³/mol. The molecule has 222 valence electrons. The average Bonchev–Trinajstić information content (AvgIpc) is 3.72. The summed E-state index contributed by atoms with van der Waals surface area (Å²) >= 11 is 0. The molecule has 0 aliphatic rings. The van der Waals surface area contributed by atoms with Crippen LogP contribution >= 0.6 is 0 Å². The van der Waals surface area contributed by atoms with Gasteiger partial charge >= 0.3 is 0 Å². The lowest BCUT2D eigenvalue weighted by atomic mass is 10.0. The molecule has 2 aromatic heterocycles. The molecule has 47 heavy (non-hydrogen) atoms. The highest BCUT2D eigenvalue weighted by Gasteiger charge is 2.16. The summed E-state index contributed by atoms with van der Waals surface area (Å²) in [6.07, 6.45) is 0. The summed E-state index contributed by atoms with van der Waals surface area (Å²) < 4.78 is 12.5. The summed E-state index contributed by atoms with van der Waals surface area (Å²) in [5.74, 6) is 0.610. The van der Waals surface area contributed by atoms with Crippen LogP contribution < -0.4 is 4.90 Å². The van der Waals surface area contributed by atoms with Crippen molar-refractivity contribution < 1.29 is 8.83 Å². The van der Waals surface area contributed by atoms with Crippen LogP contribution in [0, 0.1) is 0 Å². The maximum atomic E-state index is 6.36. The number of furan rings is 1. The molecule has 7 aromatic carbocycles. The van der Waals surface area contributed by atoms with Crippen LogP contribution in [0.3, 0.4) is 0 Å². The molecule has 0 fully saturated rings. The number of benzene rings is 7. The average molecular weight is 605 g/mol. The topological polar surface area (TPSA) is 42.4 Å². The first-order valence-electron chi connectivity index (χ1n) is 15.7. The number of nitrogens with zero attached hydrogens (tertiary/aromatic N) is 2. The summed E-state index contributed by atoms with van der Waals surface area (Å²) in [6, 6.07) is 58.8. The molecule has 0 spiro atoms. The first-order valence-corrected chi connectivity index (χ1v) is 15.7. The van der Waals surface area contributed by atoms with E-state index in [9.17, 15) is 0 Å². The van der Waals surface area contributed by atoms with E-state index >= 15 is 0 Å².